The lowest BCUT2D eigenvalue weighted by Crippen LogP contribution is -2.27. The molecule has 1 saturated heterocycles. The quantitative estimate of drug-likeness (QED) is 0.581. The zero-order valence-electron chi connectivity index (χ0n) is 17.3. The number of ether oxygens (including phenoxy) is 1. The Balaban J connectivity index is 0.00000160. The van der Waals surface area contributed by atoms with Crippen molar-refractivity contribution in [2.45, 2.75) is 37.6 Å². The minimum atomic E-state index is 0. The number of methoxy groups -OCH3 is 1. The average molecular weight is 470 g/mol. The molecule has 1 amide bonds. The van der Waals surface area contributed by atoms with E-state index in [-0.39, 0.29) is 30.1 Å². The van der Waals surface area contributed by atoms with Gasteiger partial charge < -0.3 is 20.3 Å². The number of carbonyl (C=O) groups is 1. The highest BCUT2D eigenvalue weighted by Crippen LogP contribution is 2.37. The number of hydrogen-bond acceptors (Lipinski definition) is 5. The first-order valence-corrected chi connectivity index (χ1v) is 10.8. The molecule has 4 rings (SSSR count). The van der Waals surface area contributed by atoms with Gasteiger partial charge in [0.15, 0.2) is 0 Å². The summed E-state index contributed by atoms with van der Waals surface area (Å²) in [7, 11) is 3.53. The summed E-state index contributed by atoms with van der Waals surface area (Å²) in [6, 6.07) is 13.2. The summed E-state index contributed by atoms with van der Waals surface area (Å²) >= 11 is 1.33. The summed E-state index contributed by atoms with van der Waals surface area (Å²) in [5.74, 6) is 1.55. The number of halogens is 2. The first-order chi connectivity index (χ1) is 13.7. The van der Waals surface area contributed by atoms with Crippen LogP contribution >= 0.6 is 36.6 Å². The molecule has 164 valence electrons. The van der Waals surface area contributed by atoms with E-state index in [0.29, 0.717) is 18.3 Å². The summed E-state index contributed by atoms with van der Waals surface area (Å²) in [4.78, 5) is 13.7. The molecule has 1 atom stereocenters. The van der Waals surface area contributed by atoms with Gasteiger partial charge in [-0.05, 0) is 54.8 Å². The molecule has 0 aromatic heterocycles. The summed E-state index contributed by atoms with van der Waals surface area (Å²) in [6.45, 7) is 1.74. The number of amides is 1. The molecular formula is C22H29Cl2N3O2S. The summed E-state index contributed by atoms with van der Waals surface area (Å²) < 4.78 is 5.62. The van der Waals surface area contributed by atoms with Gasteiger partial charge in [-0.1, -0.05) is 30.3 Å². The van der Waals surface area contributed by atoms with Gasteiger partial charge in [0.25, 0.3) is 5.24 Å². The van der Waals surface area contributed by atoms with E-state index >= 15 is 0 Å². The van der Waals surface area contributed by atoms with Crippen LogP contribution in [0.2, 0.25) is 0 Å². The molecule has 0 saturated carbocycles. The third-order valence-electron chi connectivity index (χ3n) is 5.55. The monoisotopic (exact) mass is 469 g/mol. The fourth-order valence-corrected chi connectivity index (χ4v) is 4.75. The van der Waals surface area contributed by atoms with E-state index in [1.807, 2.05) is 7.05 Å². The van der Waals surface area contributed by atoms with Crippen molar-refractivity contribution in [2.24, 2.45) is 0 Å². The van der Waals surface area contributed by atoms with Crippen LogP contribution in [0.1, 0.15) is 42.0 Å². The molecule has 0 bridgehead atoms. The number of anilines is 2. The minimum Gasteiger partial charge on any atom is -0.496 e. The molecule has 30 heavy (non-hydrogen) atoms. The van der Waals surface area contributed by atoms with Crippen LogP contribution in [0.25, 0.3) is 0 Å². The molecule has 2 aromatic rings. The molecule has 1 fully saturated rings. The predicted octanol–water partition coefficient (Wildman–Crippen LogP) is 5.77. The van der Waals surface area contributed by atoms with Crippen molar-refractivity contribution in [3.05, 3.63) is 53.1 Å². The Kier molecular flexibility index (Phi) is 9.16. The maximum absolute atomic E-state index is 12.0. The van der Waals surface area contributed by atoms with Crippen LogP contribution in [-0.4, -0.2) is 25.9 Å². The number of nitrogens with zero attached hydrogens (tertiary/aromatic N) is 1. The van der Waals surface area contributed by atoms with Crippen LogP contribution in [0.4, 0.5) is 16.2 Å². The number of rotatable bonds is 5. The molecule has 5 nitrogen and oxygen atoms in total. The largest absolute Gasteiger partial charge is 0.496 e. The lowest BCUT2D eigenvalue weighted by molar-refractivity contribution is 0.266. The molecule has 0 radical (unpaired) electrons. The van der Waals surface area contributed by atoms with Crippen LogP contribution < -0.4 is 20.3 Å². The maximum Gasteiger partial charge on any atom is 0.286 e. The predicted molar refractivity (Wildman–Crippen MR) is 131 cm³/mol. The zero-order chi connectivity index (χ0) is 19.5. The van der Waals surface area contributed by atoms with E-state index in [1.165, 1.54) is 36.6 Å². The topological polar surface area (TPSA) is 53.6 Å². The highest BCUT2D eigenvalue weighted by atomic mass is 35.5. The lowest BCUT2D eigenvalue weighted by Gasteiger charge is -2.27. The number of fused-ring (bicyclic) bond motifs is 1. The summed E-state index contributed by atoms with van der Waals surface area (Å²) in [5.41, 5.74) is 5.60. The van der Waals surface area contributed by atoms with Crippen LogP contribution in [0.3, 0.4) is 0 Å². The lowest BCUT2D eigenvalue weighted by atomic mass is 9.97. The highest BCUT2D eigenvalue weighted by molar-refractivity contribution is 8.13. The van der Waals surface area contributed by atoms with Crippen LogP contribution in [-0.2, 0) is 12.3 Å². The van der Waals surface area contributed by atoms with E-state index < -0.39 is 0 Å². The van der Waals surface area contributed by atoms with Crippen LogP contribution in [0, 0.1) is 0 Å². The Morgan fingerprint density at radius 3 is 2.80 bits per heavy atom. The molecule has 0 aliphatic carbocycles. The van der Waals surface area contributed by atoms with Gasteiger partial charge in [0.2, 0.25) is 0 Å². The second kappa shape index (κ2) is 11.1. The molecule has 2 aliphatic heterocycles. The smallest absolute Gasteiger partial charge is 0.286 e. The Morgan fingerprint density at radius 1 is 1.23 bits per heavy atom. The summed E-state index contributed by atoms with van der Waals surface area (Å²) in [6.07, 6.45) is 3.74. The Hall–Kier alpha value is -1.60. The van der Waals surface area contributed by atoms with E-state index in [1.54, 1.807) is 12.0 Å². The van der Waals surface area contributed by atoms with E-state index in [9.17, 15) is 4.79 Å². The normalized spacial score (nSPS) is 18.0. The van der Waals surface area contributed by atoms with Crippen molar-refractivity contribution < 1.29 is 9.53 Å². The molecule has 2 aliphatic rings. The fourth-order valence-electron chi connectivity index (χ4n) is 3.94. The van der Waals surface area contributed by atoms with Gasteiger partial charge in [-0.3, -0.25) is 4.79 Å². The molecular weight excluding hydrogens is 441 g/mol. The number of benzene rings is 2. The van der Waals surface area contributed by atoms with Gasteiger partial charge >= 0.3 is 0 Å². The molecule has 2 aromatic carbocycles. The van der Waals surface area contributed by atoms with Crippen LogP contribution in [0.15, 0.2) is 36.4 Å². The van der Waals surface area contributed by atoms with E-state index in [0.717, 1.165) is 34.8 Å². The Labute approximate surface area is 195 Å². The molecule has 2 N–H and O–H groups in total. The fraction of sp³-hybridized carbons (Fsp3) is 0.409. The van der Waals surface area contributed by atoms with Crippen molar-refractivity contribution in [3.63, 3.8) is 0 Å². The zero-order valence-corrected chi connectivity index (χ0v) is 19.7. The second-order valence-corrected chi connectivity index (χ2v) is 8.31. The average Bonchev–Trinajstić information content (AvgIpc) is 2.75. The van der Waals surface area contributed by atoms with Gasteiger partial charge in [-0.2, -0.15) is 0 Å². The number of carbonyl (C=O) groups excluding carboxylic acids is 1. The first kappa shape index (κ1) is 24.7. The number of hydrogen-bond donors (Lipinski definition) is 2. The van der Waals surface area contributed by atoms with Gasteiger partial charge in [0.1, 0.15) is 5.75 Å². The standard InChI is InChI=1S/C22H27N3O2S.2ClH/c1-25-20-11-16(21(27-2)12-17(20)14-28-22(25)26)13-24-18-7-5-6-15(10-18)19-8-3-4-9-23-19;;/h5-7,10-12,19,23-24H,3-4,8-9,13-14H2,1-2H3;2*1H/t19-;;/m0../s1. The third-order valence-corrected chi connectivity index (χ3v) is 6.53. The third kappa shape index (κ3) is 5.35. The molecule has 8 heteroatoms. The van der Waals surface area contributed by atoms with Crippen molar-refractivity contribution in [1.29, 1.82) is 0 Å². The number of thioether (sulfide) groups is 1. The Morgan fingerprint density at radius 2 is 2.07 bits per heavy atom. The van der Waals surface area contributed by atoms with Gasteiger partial charge in [0, 0.05) is 42.3 Å². The van der Waals surface area contributed by atoms with E-state index in [4.69, 9.17) is 4.74 Å². The first-order valence-electron chi connectivity index (χ1n) is 9.83. The van der Waals surface area contributed by atoms with E-state index in [2.05, 4.69) is 47.0 Å². The molecule has 0 spiro atoms. The summed E-state index contributed by atoms with van der Waals surface area (Å²) in [5, 5.41) is 7.23. The van der Waals surface area contributed by atoms with Gasteiger partial charge in [-0.25, -0.2) is 0 Å². The molecule has 0 unspecified atom stereocenters. The maximum atomic E-state index is 12.0. The highest BCUT2D eigenvalue weighted by Gasteiger charge is 2.23. The van der Waals surface area contributed by atoms with Crippen molar-refractivity contribution in [2.75, 3.05) is 30.9 Å². The van der Waals surface area contributed by atoms with Crippen LogP contribution in [0.5, 0.6) is 5.75 Å². The van der Waals surface area contributed by atoms with Gasteiger partial charge in [0.05, 0.1) is 7.11 Å². The number of nitrogens with one attached hydrogen (secondary N) is 2. The van der Waals surface area contributed by atoms with Crippen molar-refractivity contribution in [3.8, 4) is 5.75 Å². The SMILES string of the molecule is COc1cc2c(cc1CNc1cccc([C@@H]3CCCCN3)c1)N(C)C(=O)SC2.Cl.Cl. The van der Waals surface area contributed by atoms with Crippen molar-refractivity contribution >= 4 is 53.2 Å². The van der Waals surface area contributed by atoms with Crippen molar-refractivity contribution in [1.82, 2.24) is 5.32 Å². The second-order valence-electron chi connectivity index (χ2n) is 7.39. The minimum absolute atomic E-state index is 0. The molecule has 2 heterocycles. The number of piperidine rings is 1. The Bertz CT molecular complexity index is 875. The van der Waals surface area contributed by atoms with Gasteiger partial charge in [-0.15, -0.1) is 24.8 Å².